The Morgan fingerprint density at radius 1 is 1.29 bits per heavy atom. The first kappa shape index (κ1) is 14.7. The van der Waals surface area contributed by atoms with E-state index in [4.69, 9.17) is 16.3 Å². The fourth-order valence-electron chi connectivity index (χ4n) is 2.25. The zero-order chi connectivity index (χ0) is 15.2. The van der Waals surface area contributed by atoms with Gasteiger partial charge in [-0.2, -0.15) is 13.2 Å². The number of fused-ring (bicyclic) bond motifs is 1. The second-order valence-corrected chi connectivity index (χ2v) is 5.86. The smallest absolute Gasteiger partial charge is 0.416 e. The fourth-order valence-corrected chi connectivity index (χ4v) is 2.89. The van der Waals surface area contributed by atoms with Crippen molar-refractivity contribution in [2.45, 2.75) is 18.7 Å². The molecular weight excluding hydrogens is 371 g/mol. The molecule has 0 N–H and O–H groups in total. The molecule has 1 unspecified atom stereocenters. The molecule has 0 saturated carbocycles. The van der Waals surface area contributed by atoms with Crippen molar-refractivity contribution in [2.24, 2.45) is 0 Å². The molecule has 0 aliphatic carbocycles. The summed E-state index contributed by atoms with van der Waals surface area (Å²) in [7, 11) is 0. The highest BCUT2D eigenvalue weighted by Crippen LogP contribution is 2.44. The summed E-state index contributed by atoms with van der Waals surface area (Å²) in [5.74, 6) is 0.302. The Balaban J connectivity index is 1.96. The maximum absolute atomic E-state index is 12.8. The Morgan fingerprint density at radius 2 is 2.05 bits per heavy atom. The number of hydrogen-bond donors (Lipinski definition) is 0. The van der Waals surface area contributed by atoms with Crippen LogP contribution in [-0.4, -0.2) is 4.98 Å². The molecule has 2 nitrogen and oxygen atoms in total. The zero-order valence-electron chi connectivity index (χ0n) is 10.4. The number of halogens is 5. The molecule has 1 aromatic carbocycles. The van der Waals surface area contributed by atoms with Crippen molar-refractivity contribution in [1.29, 1.82) is 0 Å². The van der Waals surface area contributed by atoms with Gasteiger partial charge in [0.15, 0.2) is 0 Å². The number of aromatic nitrogens is 1. The van der Waals surface area contributed by atoms with E-state index >= 15 is 0 Å². The Kier molecular flexibility index (Phi) is 3.61. The number of pyridine rings is 1. The highest BCUT2D eigenvalue weighted by Gasteiger charge is 2.35. The summed E-state index contributed by atoms with van der Waals surface area (Å²) in [6.45, 7) is 0. The average molecular weight is 379 g/mol. The van der Waals surface area contributed by atoms with Gasteiger partial charge >= 0.3 is 6.18 Å². The van der Waals surface area contributed by atoms with E-state index in [9.17, 15) is 13.2 Å². The number of rotatable bonds is 1. The lowest BCUT2D eigenvalue weighted by molar-refractivity contribution is -0.137. The third-order valence-corrected chi connectivity index (χ3v) is 3.90. The maximum Gasteiger partial charge on any atom is 0.416 e. The Labute approximate surface area is 132 Å². The van der Waals surface area contributed by atoms with Crippen LogP contribution >= 0.6 is 27.5 Å². The van der Waals surface area contributed by atoms with Gasteiger partial charge in [0.25, 0.3) is 0 Å². The lowest BCUT2D eigenvalue weighted by atomic mass is 10.0. The quantitative estimate of drug-likeness (QED) is 0.637. The van der Waals surface area contributed by atoms with Gasteiger partial charge in [-0.15, -0.1) is 0 Å². The highest BCUT2D eigenvalue weighted by atomic mass is 79.9. The standard InChI is InChI=1S/C14H8BrClF3NO/c15-12-3-1-2-10(20-12)11-5-7-4-8(14(17,18)19)6-9(16)13(7)21-11/h1-4,6,11H,5H2. The molecule has 21 heavy (non-hydrogen) atoms. The van der Waals surface area contributed by atoms with Crippen LogP contribution in [0, 0.1) is 0 Å². The first-order valence-corrected chi connectivity index (χ1v) is 7.20. The summed E-state index contributed by atoms with van der Waals surface area (Å²) in [5, 5.41) is -0.0303. The zero-order valence-corrected chi connectivity index (χ0v) is 12.8. The van der Waals surface area contributed by atoms with Crippen molar-refractivity contribution in [2.75, 3.05) is 0 Å². The van der Waals surface area contributed by atoms with Crippen molar-refractivity contribution in [3.8, 4) is 5.75 Å². The van der Waals surface area contributed by atoms with Gasteiger partial charge < -0.3 is 4.74 Å². The summed E-state index contributed by atoms with van der Waals surface area (Å²) in [5.41, 5.74) is 0.324. The van der Waals surface area contributed by atoms with E-state index in [1.165, 1.54) is 0 Å². The number of alkyl halides is 3. The molecule has 0 fully saturated rings. The van der Waals surface area contributed by atoms with Gasteiger partial charge in [0.05, 0.1) is 16.3 Å². The second kappa shape index (κ2) is 5.18. The predicted molar refractivity (Wildman–Crippen MR) is 75.5 cm³/mol. The molecule has 0 radical (unpaired) electrons. The molecule has 110 valence electrons. The number of hydrogen-bond acceptors (Lipinski definition) is 2. The molecule has 0 saturated heterocycles. The van der Waals surface area contributed by atoms with Crippen LogP contribution in [0.1, 0.15) is 22.9 Å². The molecular formula is C14H8BrClF3NO. The monoisotopic (exact) mass is 377 g/mol. The van der Waals surface area contributed by atoms with Crippen LogP contribution in [0.15, 0.2) is 34.9 Å². The fraction of sp³-hybridized carbons (Fsp3) is 0.214. The number of benzene rings is 1. The van der Waals surface area contributed by atoms with E-state index < -0.39 is 17.8 Å². The van der Waals surface area contributed by atoms with Crippen LogP contribution in [0.4, 0.5) is 13.2 Å². The minimum Gasteiger partial charge on any atom is -0.482 e. The molecule has 1 aliphatic heterocycles. The molecule has 1 aliphatic rings. The van der Waals surface area contributed by atoms with Gasteiger partial charge in [0.1, 0.15) is 16.5 Å². The predicted octanol–water partition coefficient (Wildman–Crippen LogP) is 5.19. The average Bonchev–Trinajstić information content (AvgIpc) is 2.82. The normalized spacial score (nSPS) is 17.5. The highest BCUT2D eigenvalue weighted by molar-refractivity contribution is 9.10. The van der Waals surface area contributed by atoms with Crippen molar-refractivity contribution < 1.29 is 17.9 Å². The minimum atomic E-state index is -4.43. The van der Waals surface area contributed by atoms with Crippen molar-refractivity contribution >= 4 is 27.5 Å². The van der Waals surface area contributed by atoms with Gasteiger partial charge in [0, 0.05) is 12.0 Å². The largest absolute Gasteiger partial charge is 0.482 e. The van der Waals surface area contributed by atoms with Gasteiger partial charge in [0.2, 0.25) is 0 Å². The third kappa shape index (κ3) is 2.87. The molecule has 2 heterocycles. The van der Waals surface area contributed by atoms with Crippen LogP contribution in [0.25, 0.3) is 0 Å². The van der Waals surface area contributed by atoms with Gasteiger partial charge in [-0.25, -0.2) is 4.98 Å². The minimum absolute atomic E-state index is 0.0303. The first-order valence-electron chi connectivity index (χ1n) is 6.03. The topological polar surface area (TPSA) is 22.1 Å². The molecule has 3 rings (SSSR count). The lowest BCUT2D eigenvalue weighted by Gasteiger charge is -2.11. The van der Waals surface area contributed by atoms with E-state index in [-0.39, 0.29) is 5.02 Å². The van der Waals surface area contributed by atoms with Crippen LogP contribution in [-0.2, 0) is 12.6 Å². The SMILES string of the molecule is FC(F)(F)c1cc(Cl)c2c(c1)CC(c1cccc(Br)n1)O2. The Bertz CT molecular complexity index is 705. The summed E-state index contributed by atoms with van der Waals surface area (Å²) in [6, 6.07) is 7.29. The lowest BCUT2D eigenvalue weighted by Crippen LogP contribution is -2.05. The maximum atomic E-state index is 12.8. The van der Waals surface area contributed by atoms with E-state index in [2.05, 4.69) is 20.9 Å². The Hall–Kier alpha value is -1.27. The summed E-state index contributed by atoms with van der Waals surface area (Å²) in [6.07, 6.45) is -4.55. The van der Waals surface area contributed by atoms with Gasteiger partial charge in [-0.3, -0.25) is 0 Å². The second-order valence-electron chi connectivity index (χ2n) is 4.64. The van der Waals surface area contributed by atoms with E-state index in [1.54, 1.807) is 18.2 Å². The van der Waals surface area contributed by atoms with Crippen LogP contribution < -0.4 is 4.74 Å². The molecule has 2 aromatic rings. The van der Waals surface area contributed by atoms with Gasteiger partial charge in [-0.05, 0) is 40.2 Å². The first-order chi connectivity index (χ1) is 9.84. The summed E-state index contributed by atoms with van der Waals surface area (Å²) >= 11 is 9.17. The number of nitrogens with zero attached hydrogens (tertiary/aromatic N) is 1. The van der Waals surface area contributed by atoms with Gasteiger partial charge in [-0.1, -0.05) is 17.7 Å². The molecule has 0 spiro atoms. The molecule has 1 aromatic heterocycles. The van der Waals surface area contributed by atoms with Crippen molar-refractivity contribution in [3.63, 3.8) is 0 Å². The van der Waals surface area contributed by atoms with Crippen molar-refractivity contribution in [3.05, 3.63) is 56.8 Å². The molecule has 0 amide bonds. The van der Waals surface area contributed by atoms with E-state index in [1.807, 2.05) is 0 Å². The van der Waals surface area contributed by atoms with Crippen molar-refractivity contribution in [1.82, 2.24) is 4.98 Å². The molecule has 7 heteroatoms. The summed E-state index contributed by atoms with van der Waals surface area (Å²) < 4.78 is 44.7. The van der Waals surface area contributed by atoms with Crippen LogP contribution in [0.2, 0.25) is 5.02 Å². The summed E-state index contributed by atoms with van der Waals surface area (Å²) in [4.78, 5) is 4.27. The van der Waals surface area contributed by atoms with Crippen LogP contribution in [0.3, 0.4) is 0 Å². The van der Waals surface area contributed by atoms with Crippen LogP contribution in [0.5, 0.6) is 5.75 Å². The molecule has 0 bridgehead atoms. The Morgan fingerprint density at radius 3 is 2.71 bits per heavy atom. The third-order valence-electron chi connectivity index (χ3n) is 3.18. The number of ether oxygens (including phenoxy) is 1. The van der Waals surface area contributed by atoms with E-state index in [0.29, 0.717) is 28.0 Å². The van der Waals surface area contributed by atoms with E-state index in [0.717, 1.165) is 12.1 Å². The molecule has 1 atom stereocenters.